The monoisotopic (exact) mass is 752 g/mol. The molecule has 5 aromatic carbocycles. The van der Waals surface area contributed by atoms with E-state index in [1.807, 2.05) is 11.8 Å². The lowest BCUT2D eigenvalue weighted by atomic mass is 9.67. The molecule has 8 aliphatic rings. The number of para-hydroxylation sites is 1. The predicted octanol–water partition coefficient (Wildman–Crippen LogP) is 12.4. The van der Waals surface area contributed by atoms with Crippen molar-refractivity contribution in [3.63, 3.8) is 0 Å². The van der Waals surface area contributed by atoms with Gasteiger partial charge in [-0.15, -0.1) is 11.8 Å². The second kappa shape index (κ2) is 11.6. The van der Waals surface area contributed by atoms with Gasteiger partial charge in [-0.2, -0.15) is 0 Å². The molecular weight excluding hydrogens is 713 g/mol. The molecule has 3 nitrogen and oxygen atoms in total. The van der Waals surface area contributed by atoms with Crippen LogP contribution in [0.1, 0.15) is 81.0 Å². The molecule has 4 heteroatoms. The van der Waals surface area contributed by atoms with Gasteiger partial charge in [0.1, 0.15) is 17.0 Å². The molecular formula is C53H40N2OS. The highest BCUT2D eigenvalue weighted by Crippen LogP contribution is 2.73. The summed E-state index contributed by atoms with van der Waals surface area (Å²) >= 11 is 2.05. The molecule has 2 bridgehead atoms. The van der Waals surface area contributed by atoms with E-state index in [4.69, 9.17) is 14.4 Å². The van der Waals surface area contributed by atoms with Crippen molar-refractivity contribution in [2.75, 3.05) is 6.54 Å². The Morgan fingerprint density at radius 1 is 0.754 bits per heavy atom. The van der Waals surface area contributed by atoms with E-state index < -0.39 is 0 Å². The van der Waals surface area contributed by atoms with Gasteiger partial charge in [0.15, 0.2) is 0 Å². The van der Waals surface area contributed by atoms with E-state index in [2.05, 4.69) is 140 Å². The topological polar surface area (TPSA) is 37.9 Å². The molecule has 1 saturated carbocycles. The summed E-state index contributed by atoms with van der Waals surface area (Å²) in [6, 6.07) is 38.7. The normalized spacial score (nSPS) is 30.6. The standard InChI is InChI=1S/C53H40N2OS/c1-2-10-28(11-3-1)37-25-40-38-22-29-12-4-5-13-30(29)23-41(38)47-48-42(40)26-39(37)43-27-54-53(31-18-19-34-33-15-7-9-17-45(33)57-46(34)24-31)55-51(43)36-21-20-35-32-14-6-8-16-44(32)56-52(35)49(36)50(47)48/h1-3,5-11,13-23,25-26,31,34,40,42-43,46-48,50H,4,12,24,27H2. The van der Waals surface area contributed by atoms with Crippen molar-refractivity contribution in [3.8, 4) is 0 Å². The lowest BCUT2D eigenvalue weighted by Crippen LogP contribution is -2.33. The van der Waals surface area contributed by atoms with Crippen LogP contribution in [0.2, 0.25) is 0 Å². The van der Waals surface area contributed by atoms with Gasteiger partial charge in [-0.3, -0.25) is 4.99 Å². The Morgan fingerprint density at radius 3 is 2.61 bits per heavy atom. The number of furan rings is 1. The highest BCUT2D eigenvalue weighted by atomic mass is 32.2. The maximum absolute atomic E-state index is 7.03. The Bertz CT molecular complexity index is 2960. The SMILES string of the molecule is C1=Cc2cc3c(cc2CC1)C1C=C(c2ccccc2)C2=CC1C1C3C1c1c(ccc3c1oc1ccccc13)C1=NC(C3C=CC4c5ccccc5SC4C3)=NCC21. The molecule has 9 unspecified atom stereocenters. The summed E-state index contributed by atoms with van der Waals surface area (Å²) < 4.78 is 7.03. The summed E-state index contributed by atoms with van der Waals surface area (Å²) in [5, 5.41) is 2.94. The van der Waals surface area contributed by atoms with Crippen LogP contribution in [0.3, 0.4) is 0 Å². The summed E-state index contributed by atoms with van der Waals surface area (Å²) in [4.78, 5) is 12.7. The molecule has 2 aliphatic heterocycles. The van der Waals surface area contributed by atoms with Crippen LogP contribution < -0.4 is 0 Å². The Labute approximate surface area is 336 Å². The van der Waals surface area contributed by atoms with Crippen LogP contribution in [-0.2, 0) is 6.42 Å². The minimum absolute atomic E-state index is 0.0539. The highest BCUT2D eigenvalue weighted by molar-refractivity contribution is 8.00. The van der Waals surface area contributed by atoms with Gasteiger partial charge in [-0.25, -0.2) is 4.99 Å². The first-order valence-electron chi connectivity index (χ1n) is 21.1. The van der Waals surface area contributed by atoms with Crippen LogP contribution in [-0.4, -0.2) is 23.3 Å². The maximum atomic E-state index is 7.03. The Hall–Kier alpha value is -5.45. The minimum Gasteiger partial charge on any atom is -0.456 e. The Morgan fingerprint density at radius 2 is 1.65 bits per heavy atom. The quantitative estimate of drug-likeness (QED) is 0.165. The molecule has 0 amide bonds. The van der Waals surface area contributed by atoms with Crippen molar-refractivity contribution in [1.82, 2.24) is 0 Å². The number of hydrogen-bond donors (Lipinski definition) is 0. The van der Waals surface area contributed by atoms with Crippen LogP contribution in [0.4, 0.5) is 0 Å². The molecule has 0 spiro atoms. The highest BCUT2D eigenvalue weighted by Gasteiger charge is 2.63. The molecule has 6 aromatic rings. The van der Waals surface area contributed by atoms with Crippen molar-refractivity contribution in [1.29, 1.82) is 0 Å². The second-order valence-electron chi connectivity index (χ2n) is 17.6. The molecule has 274 valence electrons. The number of aliphatic imine (C=N–C) groups is 2. The summed E-state index contributed by atoms with van der Waals surface area (Å²) in [5.74, 6) is 3.73. The first kappa shape index (κ1) is 31.6. The average molecular weight is 753 g/mol. The summed E-state index contributed by atoms with van der Waals surface area (Å²) in [7, 11) is 0. The van der Waals surface area contributed by atoms with E-state index in [1.165, 1.54) is 65.9 Å². The first-order chi connectivity index (χ1) is 28.2. The zero-order valence-corrected chi connectivity index (χ0v) is 32.3. The van der Waals surface area contributed by atoms with E-state index in [9.17, 15) is 0 Å². The lowest BCUT2D eigenvalue weighted by molar-refractivity contribution is 0.466. The predicted molar refractivity (Wildman–Crippen MR) is 234 cm³/mol. The van der Waals surface area contributed by atoms with Crippen LogP contribution >= 0.6 is 11.8 Å². The minimum atomic E-state index is 0.0539. The fourth-order valence-electron chi connectivity index (χ4n) is 12.4. The number of rotatable bonds is 2. The Kier molecular flexibility index (Phi) is 6.42. The zero-order valence-electron chi connectivity index (χ0n) is 31.5. The molecule has 9 atom stereocenters. The van der Waals surface area contributed by atoms with Crippen LogP contribution in [0, 0.1) is 23.7 Å². The number of thioether (sulfide) groups is 1. The molecule has 0 radical (unpaired) electrons. The number of benzene rings is 5. The third kappa shape index (κ3) is 4.40. The van der Waals surface area contributed by atoms with Crippen molar-refractivity contribution >= 4 is 56.9 Å². The van der Waals surface area contributed by atoms with Gasteiger partial charge in [0.2, 0.25) is 0 Å². The zero-order chi connectivity index (χ0) is 36.9. The number of aryl methyl sites for hydroxylation is 1. The maximum Gasteiger partial charge on any atom is 0.139 e. The second-order valence-corrected chi connectivity index (χ2v) is 18.9. The number of fused-ring (bicyclic) bond motifs is 17. The van der Waals surface area contributed by atoms with Crippen LogP contribution in [0.15, 0.2) is 158 Å². The van der Waals surface area contributed by atoms with Crippen molar-refractivity contribution in [2.45, 2.75) is 53.1 Å². The molecule has 14 rings (SSSR count). The number of nitrogens with zero attached hydrogens (tertiary/aromatic N) is 2. The first-order valence-corrected chi connectivity index (χ1v) is 22.0. The van der Waals surface area contributed by atoms with Crippen molar-refractivity contribution in [2.24, 2.45) is 33.7 Å². The molecule has 0 saturated heterocycles. The van der Waals surface area contributed by atoms with Crippen molar-refractivity contribution < 1.29 is 4.42 Å². The number of amidine groups is 1. The largest absolute Gasteiger partial charge is 0.456 e. The van der Waals surface area contributed by atoms with Gasteiger partial charge in [0.25, 0.3) is 0 Å². The molecule has 57 heavy (non-hydrogen) atoms. The van der Waals surface area contributed by atoms with E-state index in [-0.39, 0.29) is 11.8 Å². The third-order valence-electron chi connectivity index (χ3n) is 14.9. The van der Waals surface area contributed by atoms with Gasteiger partial charge < -0.3 is 4.42 Å². The molecule has 1 fully saturated rings. The molecule has 6 aliphatic carbocycles. The van der Waals surface area contributed by atoms with E-state index in [0.29, 0.717) is 47.3 Å². The average Bonchev–Trinajstić information content (AvgIpc) is 3.70. The van der Waals surface area contributed by atoms with E-state index >= 15 is 0 Å². The number of hydrogen-bond acceptors (Lipinski definition) is 4. The van der Waals surface area contributed by atoms with E-state index in [0.717, 1.165) is 36.3 Å². The summed E-state index contributed by atoms with van der Waals surface area (Å²) in [5.41, 5.74) is 17.4. The smallest absolute Gasteiger partial charge is 0.139 e. The third-order valence-corrected chi connectivity index (χ3v) is 16.3. The van der Waals surface area contributed by atoms with Crippen molar-refractivity contribution in [3.05, 3.63) is 184 Å². The summed E-state index contributed by atoms with van der Waals surface area (Å²) in [6.45, 7) is 0.708. The summed E-state index contributed by atoms with van der Waals surface area (Å²) in [6.07, 6.45) is 18.3. The fraction of sp³-hybridized carbons (Fsp3) is 0.245. The van der Waals surface area contributed by atoms with Gasteiger partial charge in [0.05, 0.1) is 12.3 Å². The van der Waals surface area contributed by atoms with Gasteiger partial charge in [0, 0.05) is 55.7 Å². The Balaban J connectivity index is 0.998. The fourth-order valence-corrected chi connectivity index (χ4v) is 13.9. The molecule has 1 aromatic heterocycles. The van der Waals surface area contributed by atoms with Gasteiger partial charge in [-0.1, -0.05) is 121 Å². The number of allylic oxidation sites excluding steroid dienone is 5. The van der Waals surface area contributed by atoms with Crippen LogP contribution in [0.5, 0.6) is 0 Å². The van der Waals surface area contributed by atoms with Crippen LogP contribution in [0.25, 0.3) is 33.6 Å². The molecule has 0 N–H and O–H groups in total. The van der Waals surface area contributed by atoms with E-state index in [1.54, 1.807) is 11.1 Å². The van der Waals surface area contributed by atoms with Gasteiger partial charge >= 0.3 is 0 Å². The lowest BCUT2D eigenvalue weighted by Gasteiger charge is -2.38. The van der Waals surface area contributed by atoms with Gasteiger partial charge in [-0.05, 0) is 106 Å². The molecule has 3 heterocycles.